The molecule has 18 heavy (non-hydrogen) atoms. The van der Waals surface area contributed by atoms with Gasteiger partial charge in [-0.05, 0) is 56.1 Å². The number of rotatable bonds is 1. The van der Waals surface area contributed by atoms with Crippen LogP contribution in [0.3, 0.4) is 0 Å². The maximum atomic E-state index is 11.8. The number of ether oxygens (including phenoxy) is 1. The van der Waals surface area contributed by atoms with Crippen molar-refractivity contribution < 1.29 is 9.53 Å². The Labute approximate surface area is 107 Å². The monoisotopic (exact) mass is 246 g/mol. The topological polar surface area (TPSA) is 41.6 Å². The number of likely N-dealkylation sites (N-methyl/N-ethyl adjacent to an activating group) is 1. The fourth-order valence-electron chi connectivity index (χ4n) is 2.72. The van der Waals surface area contributed by atoms with Crippen LogP contribution >= 0.6 is 0 Å². The summed E-state index contributed by atoms with van der Waals surface area (Å²) >= 11 is 0. The summed E-state index contributed by atoms with van der Waals surface area (Å²) in [6, 6.07) is 4.25. The Kier molecular flexibility index (Phi) is 2.96. The van der Waals surface area contributed by atoms with Gasteiger partial charge in [-0.2, -0.15) is 0 Å². The summed E-state index contributed by atoms with van der Waals surface area (Å²) in [6.07, 6.45) is 2.06. The lowest BCUT2D eigenvalue weighted by Gasteiger charge is -2.29. The summed E-state index contributed by atoms with van der Waals surface area (Å²) in [4.78, 5) is 13.6. The smallest absolute Gasteiger partial charge is 0.265 e. The lowest BCUT2D eigenvalue weighted by atomic mass is 10.0. The van der Waals surface area contributed by atoms with E-state index >= 15 is 0 Å². The van der Waals surface area contributed by atoms with Crippen molar-refractivity contribution in [2.75, 3.05) is 31.1 Å². The Morgan fingerprint density at radius 2 is 2.00 bits per heavy atom. The van der Waals surface area contributed by atoms with Crippen molar-refractivity contribution in [3.05, 3.63) is 23.3 Å². The molecule has 0 saturated heterocycles. The van der Waals surface area contributed by atoms with Crippen LogP contribution in [0.5, 0.6) is 5.75 Å². The first-order valence-corrected chi connectivity index (χ1v) is 6.59. The van der Waals surface area contributed by atoms with Gasteiger partial charge in [0, 0.05) is 6.54 Å². The highest BCUT2D eigenvalue weighted by molar-refractivity contribution is 5.98. The highest BCUT2D eigenvalue weighted by atomic mass is 16.5. The maximum absolute atomic E-state index is 11.8. The molecule has 1 N–H and O–H groups in total. The van der Waals surface area contributed by atoms with E-state index in [9.17, 15) is 4.79 Å². The molecule has 0 aliphatic carbocycles. The zero-order valence-corrected chi connectivity index (χ0v) is 10.7. The summed E-state index contributed by atoms with van der Waals surface area (Å²) in [5.74, 6) is 0.911. The molecule has 4 nitrogen and oxygen atoms in total. The van der Waals surface area contributed by atoms with E-state index < -0.39 is 0 Å². The van der Waals surface area contributed by atoms with Crippen LogP contribution in [0.1, 0.15) is 18.1 Å². The van der Waals surface area contributed by atoms with Crippen molar-refractivity contribution in [2.24, 2.45) is 0 Å². The van der Waals surface area contributed by atoms with Gasteiger partial charge in [0.2, 0.25) is 0 Å². The molecule has 0 aromatic heterocycles. The predicted octanol–water partition coefficient (Wildman–Crippen LogP) is 1.12. The molecule has 0 spiro atoms. The third kappa shape index (κ3) is 1.86. The molecule has 2 heterocycles. The Morgan fingerprint density at radius 3 is 2.72 bits per heavy atom. The van der Waals surface area contributed by atoms with E-state index in [4.69, 9.17) is 4.74 Å². The number of amides is 1. The molecule has 1 amide bonds. The molecule has 0 radical (unpaired) electrons. The van der Waals surface area contributed by atoms with Gasteiger partial charge < -0.3 is 15.0 Å². The van der Waals surface area contributed by atoms with E-state index in [1.54, 1.807) is 0 Å². The first-order valence-electron chi connectivity index (χ1n) is 6.59. The number of fused-ring (bicyclic) bond motifs is 2. The Bertz CT molecular complexity index is 485. The van der Waals surface area contributed by atoms with Crippen LogP contribution in [0.15, 0.2) is 12.1 Å². The molecule has 0 unspecified atom stereocenters. The van der Waals surface area contributed by atoms with E-state index in [0.717, 1.165) is 37.4 Å². The number of nitrogens with one attached hydrogen (secondary N) is 1. The SMILES string of the molecule is CCN1C(=O)COc2cc3c(cc21)CCNCC3. The van der Waals surface area contributed by atoms with Gasteiger partial charge in [-0.1, -0.05) is 0 Å². The van der Waals surface area contributed by atoms with Crippen molar-refractivity contribution >= 4 is 11.6 Å². The third-order valence-electron chi connectivity index (χ3n) is 3.68. The predicted molar refractivity (Wildman–Crippen MR) is 70.2 cm³/mol. The largest absolute Gasteiger partial charge is 0.482 e. The molecule has 2 aliphatic rings. The van der Waals surface area contributed by atoms with Crippen molar-refractivity contribution in [3.63, 3.8) is 0 Å². The molecule has 96 valence electrons. The second-order valence-electron chi connectivity index (χ2n) is 4.77. The van der Waals surface area contributed by atoms with E-state index in [0.29, 0.717) is 6.54 Å². The quantitative estimate of drug-likeness (QED) is 0.807. The minimum Gasteiger partial charge on any atom is -0.482 e. The van der Waals surface area contributed by atoms with Crippen molar-refractivity contribution in [1.29, 1.82) is 0 Å². The van der Waals surface area contributed by atoms with E-state index in [1.807, 2.05) is 11.8 Å². The van der Waals surface area contributed by atoms with E-state index in [1.165, 1.54) is 11.1 Å². The van der Waals surface area contributed by atoms with E-state index in [2.05, 4.69) is 17.4 Å². The second kappa shape index (κ2) is 4.61. The van der Waals surface area contributed by atoms with Gasteiger partial charge in [0.1, 0.15) is 5.75 Å². The highest BCUT2D eigenvalue weighted by Crippen LogP contribution is 2.35. The van der Waals surface area contributed by atoms with Crippen molar-refractivity contribution in [1.82, 2.24) is 5.32 Å². The molecule has 0 fully saturated rings. The number of benzene rings is 1. The van der Waals surface area contributed by atoms with Gasteiger partial charge >= 0.3 is 0 Å². The first-order chi connectivity index (χ1) is 8.79. The number of anilines is 1. The molecular weight excluding hydrogens is 228 g/mol. The number of hydrogen-bond acceptors (Lipinski definition) is 3. The zero-order chi connectivity index (χ0) is 12.5. The standard InChI is InChI=1S/C14H18N2O2/c1-2-16-12-7-10-3-5-15-6-4-11(10)8-13(12)18-9-14(16)17/h7-8,15H,2-6,9H2,1H3. The molecule has 0 saturated carbocycles. The lowest BCUT2D eigenvalue weighted by molar-refractivity contribution is -0.121. The number of nitrogens with zero attached hydrogens (tertiary/aromatic N) is 1. The van der Waals surface area contributed by atoms with Crippen LogP contribution in [0.4, 0.5) is 5.69 Å². The molecular formula is C14H18N2O2. The van der Waals surface area contributed by atoms with Gasteiger partial charge in [-0.15, -0.1) is 0 Å². The van der Waals surface area contributed by atoms with Crippen LogP contribution in [0.25, 0.3) is 0 Å². The summed E-state index contributed by atoms with van der Waals surface area (Å²) in [5, 5.41) is 3.40. The third-order valence-corrected chi connectivity index (χ3v) is 3.68. The van der Waals surface area contributed by atoms with Crippen LogP contribution in [-0.4, -0.2) is 32.1 Å². The number of carbonyl (C=O) groups is 1. The van der Waals surface area contributed by atoms with Gasteiger partial charge in [-0.25, -0.2) is 0 Å². The minimum absolute atomic E-state index is 0.0525. The van der Waals surface area contributed by atoms with Gasteiger partial charge in [0.25, 0.3) is 5.91 Å². The van der Waals surface area contributed by atoms with Crippen LogP contribution in [0, 0.1) is 0 Å². The average molecular weight is 246 g/mol. The average Bonchev–Trinajstić information content (AvgIpc) is 2.61. The molecule has 1 aromatic rings. The van der Waals surface area contributed by atoms with Crippen LogP contribution in [-0.2, 0) is 17.6 Å². The number of carbonyl (C=O) groups excluding carboxylic acids is 1. The van der Waals surface area contributed by atoms with Crippen molar-refractivity contribution in [3.8, 4) is 5.75 Å². The van der Waals surface area contributed by atoms with Crippen LogP contribution < -0.4 is 15.0 Å². The summed E-state index contributed by atoms with van der Waals surface area (Å²) in [7, 11) is 0. The Hall–Kier alpha value is -1.55. The first kappa shape index (κ1) is 11.5. The molecule has 0 atom stereocenters. The van der Waals surface area contributed by atoms with Gasteiger partial charge in [-0.3, -0.25) is 4.79 Å². The summed E-state index contributed by atoms with van der Waals surface area (Å²) in [6.45, 7) is 4.89. The summed E-state index contributed by atoms with van der Waals surface area (Å²) in [5.41, 5.74) is 3.63. The molecule has 2 aliphatic heterocycles. The molecule has 4 heteroatoms. The zero-order valence-electron chi connectivity index (χ0n) is 10.7. The van der Waals surface area contributed by atoms with Crippen LogP contribution in [0.2, 0.25) is 0 Å². The van der Waals surface area contributed by atoms with Gasteiger partial charge in [0.05, 0.1) is 5.69 Å². The van der Waals surface area contributed by atoms with Crippen molar-refractivity contribution in [2.45, 2.75) is 19.8 Å². The van der Waals surface area contributed by atoms with E-state index in [-0.39, 0.29) is 12.5 Å². The second-order valence-corrected chi connectivity index (χ2v) is 4.77. The van der Waals surface area contributed by atoms with Gasteiger partial charge in [0.15, 0.2) is 6.61 Å². The lowest BCUT2D eigenvalue weighted by Crippen LogP contribution is -2.38. The fraction of sp³-hybridized carbons (Fsp3) is 0.500. The maximum Gasteiger partial charge on any atom is 0.265 e. The number of hydrogen-bond donors (Lipinski definition) is 1. The fourth-order valence-corrected chi connectivity index (χ4v) is 2.72. The highest BCUT2D eigenvalue weighted by Gasteiger charge is 2.25. The Balaban J connectivity index is 2.06. The molecule has 1 aromatic carbocycles. The summed E-state index contributed by atoms with van der Waals surface area (Å²) < 4.78 is 5.56. The minimum atomic E-state index is 0.0525. The Morgan fingerprint density at radius 1 is 1.28 bits per heavy atom. The normalized spacial score (nSPS) is 18.7. The molecule has 0 bridgehead atoms. The molecule has 3 rings (SSSR count).